The van der Waals surface area contributed by atoms with Gasteiger partial charge in [0, 0.05) is 6.54 Å². The van der Waals surface area contributed by atoms with Crippen LogP contribution in [0.3, 0.4) is 0 Å². The highest BCUT2D eigenvalue weighted by atomic mass is 16.5. The van der Waals surface area contributed by atoms with Crippen molar-refractivity contribution in [2.75, 3.05) is 13.2 Å². The van der Waals surface area contributed by atoms with Crippen molar-refractivity contribution in [2.45, 2.75) is 45.9 Å². The topological polar surface area (TPSA) is 38.8 Å². The van der Waals surface area contributed by atoms with Gasteiger partial charge in [-0.2, -0.15) is 0 Å². The first-order valence-corrected chi connectivity index (χ1v) is 7.12. The fraction of sp³-hybridized carbons (Fsp3) is 0.562. The Hall–Kier alpha value is -1.55. The standard InChI is InChI=1S/C16H23NO3/c1-11-6-5-7-15(8-11)20-14(4)16(18)17-9-13(3)19-10-12(17)2/h5-8,12-14H,9-10H2,1-4H3. The predicted molar refractivity (Wildman–Crippen MR) is 77.9 cm³/mol. The molecular formula is C16H23NO3. The van der Waals surface area contributed by atoms with Crippen molar-refractivity contribution in [1.82, 2.24) is 4.90 Å². The summed E-state index contributed by atoms with van der Waals surface area (Å²) in [5.41, 5.74) is 1.12. The summed E-state index contributed by atoms with van der Waals surface area (Å²) in [6.07, 6.45) is -0.397. The summed E-state index contributed by atoms with van der Waals surface area (Å²) in [7, 11) is 0. The fourth-order valence-corrected chi connectivity index (χ4v) is 2.39. The van der Waals surface area contributed by atoms with Gasteiger partial charge < -0.3 is 14.4 Å². The summed E-state index contributed by atoms with van der Waals surface area (Å²) in [6.45, 7) is 9.01. The molecule has 0 saturated carbocycles. The van der Waals surface area contributed by atoms with Crippen LogP contribution in [0.1, 0.15) is 26.3 Å². The van der Waals surface area contributed by atoms with E-state index in [0.717, 1.165) is 11.3 Å². The van der Waals surface area contributed by atoms with Gasteiger partial charge in [-0.25, -0.2) is 0 Å². The number of carbonyl (C=O) groups is 1. The normalized spacial score (nSPS) is 24.3. The molecule has 0 radical (unpaired) electrons. The fourth-order valence-electron chi connectivity index (χ4n) is 2.39. The third-order valence-electron chi connectivity index (χ3n) is 3.54. The van der Waals surface area contributed by atoms with Gasteiger partial charge in [0.15, 0.2) is 6.10 Å². The van der Waals surface area contributed by atoms with Gasteiger partial charge in [0.05, 0.1) is 18.8 Å². The molecule has 1 aromatic carbocycles. The Labute approximate surface area is 120 Å². The number of hydrogen-bond acceptors (Lipinski definition) is 3. The van der Waals surface area contributed by atoms with E-state index < -0.39 is 6.10 Å². The Morgan fingerprint density at radius 3 is 2.90 bits per heavy atom. The highest BCUT2D eigenvalue weighted by Gasteiger charge is 2.31. The van der Waals surface area contributed by atoms with E-state index in [1.54, 1.807) is 6.92 Å². The van der Waals surface area contributed by atoms with Crippen LogP contribution in [0.4, 0.5) is 0 Å². The lowest BCUT2D eigenvalue weighted by Gasteiger charge is -2.38. The smallest absolute Gasteiger partial charge is 0.263 e. The van der Waals surface area contributed by atoms with E-state index in [4.69, 9.17) is 9.47 Å². The first-order valence-electron chi connectivity index (χ1n) is 7.12. The molecule has 0 aliphatic carbocycles. The Morgan fingerprint density at radius 2 is 2.20 bits per heavy atom. The summed E-state index contributed by atoms with van der Waals surface area (Å²) >= 11 is 0. The SMILES string of the molecule is Cc1cccc(OC(C)C(=O)N2CC(C)OCC2C)c1. The van der Waals surface area contributed by atoms with Crippen LogP contribution in [-0.4, -0.2) is 42.2 Å². The van der Waals surface area contributed by atoms with E-state index in [9.17, 15) is 4.79 Å². The number of rotatable bonds is 3. The van der Waals surface area contributed by atoms with E-state index in [2.05, 4.69) is 0 Å². The average Bonchev–Trinajstić information content (AvgIpc) is 2.40. The van der Waals surface area contributed by atoms with Gasteiger partial charge in [0.25, 0.3) is 5.91 Å². The van der Waals surface area contributed by atoms with Gasteiger partial charge in [0.2, 0.25) is 0 Å². The Morgan fingerprint density at radius 1 is 1.45 bits per heavy atom. The van der Waals surface area contributed by atoms with Crippen LogP contribution in [0.5, 0.6) is 5.75 Å². The molecule has 20 heavy (non-hydrogen) atoms. The largest absolute Gasteiger partial charge is 0.481 e. The zero-order valence-electron chi connectivity index (χ0n) is 12.6. The van der Waals surface area contributed by atoms with Crippen LogP contribution in [0.15, 0.2) is 24.3 Å². The molecule has 1 aromatic rings. The summed E-state index contributed by atoms with van der Waals surface area (Å²) in [5.74, 6) is 0.758. The number of hydrogen-bond donors (Lipinski definition) is 0. The zero-order valence-corrected chi connectivity index (χ0v) is 12.6. The van der Waals surface area contributed by atoms with Crippen LogP contribution < -0.4 is 4.74 Å². The third-order valence-corrected chi connectivity index (χ3v) is 3.54. The second-order valence-corrected chi connectivity index (χ2v) is 5.56. The minimum atomic E-state index is -0.482. The zero-order chi connectivity index (χ0) is 14.7. The third kappa shape index (κ3) is 3.51. The van der Waals surface area contributed by atoms with Crippen LogP contribution in [-0.2, 0) is 9.53 Å². The number of aryl methyl sites for hydroxylation is 1. The molecule has 0 N–H and O–H groups in total. The van der Waals surface area contributed by atoms with Crippen LogP contribution in [0.25, 0.3) is 0 Å². The van der Waals surface area contributed by atoms with E-state index in [-0.39, 0.29) is 18.1 Å². The van der Waals surface area contributed by atoms with Gasteiger partial charge in [-0.15, -0.1) is 0 Å². The van der Waals surface area contributed by atoms with Crippen molar-refractivity contribution in [3.05, 3.63) is 29.8 Å². The predicted octanol–water partition coefficient (Wildman–Crippen LogP) is 2.40. The first kappa shape index (κ1) is 14.9. The highest BCUT2D eigenvalue weighted by molar-refractivity contribution is 5.81. The minimum Gasteiger partial charge on any atom is -0.481 e. The molecule has 110 valence electrons. The molecule has 4 heteroatoms. The molecule has 1 aliphatic rings. The van der Waals surface area contributed by atoms with Gasteiger partial charge in [-0.3, -0.25) is 4.79 Å². The van der Waals surface area contributed by atoms with Crippen molar-refractivity contribution in [3.8, 4) is 5.75 Å². The molecule has 1 amide bonds. The van der Waals surface area contributed by atoms with E-state index >= 15 is 0 Å². The van der Waals surface area contributed by atoms with Gasteiger partial charge in [-0.1, -0.05) is 12.1 Å². The van der Waals surface area contributed by atoms with Crippen molar-refractivity contribution in [2.24, 2.45) is 0 Å². The number of morpholine rings is 1. The van der Waals surface area contributed by atoms with Crippen LogP contribution in [0, 0.1) is 6.92 Å². The lowest BCUT2D eigenvalue weighted by molar-refractivity contribution is -0.149. The Bertz CT molecular complexity index is 475. The van der Waals surface area contributed by atoms with Gasteiger partial charge >= 0.3 is 0 Å². The quantitative estimate of drug-likeness (QED) is 0.851. The van der Waals surface area contributed by atoms with Crippen molar-refractivity contribution < 1.29 is 14.3 Å². The molecule has 1 fully saturated rings. The molecule has 3 unspecified atom stereocenters. The van der Waals surface area contributed by atoms with Crippen molar-refractivity contribution in [1.29, 1.82) is 0 Å². The molecule has 1 saturated heterocycles. The maximum atomic E-state index is 12.5. The monoisotopic (exact) mass is 277 g/mol. The molecule has 1 heterocycles. The number of nitrogens with zero attached hydrogens (tertiary/aromatic N) is 1. The lowest BCUT2D eigenvalue weighted by Crippen LogP contribution is -2.53. The summed E-state index contributed by atoms with van der Waals surface area (Å²) in [4.78, 5) is 14.3. The van der Waals surface area contributed by atoms with Gasteiger partial charge in [-0.05, 0) is 45.4 Å². The maximum Gasteiger partial charge on any atom is 0.263 e. The molecule has 0 aromatic heterocycles. The summed E-state index contributed by atoms with van der Waals surface area (Å²) in [6, 6.07) is 7.85. The number of benzene rings is 1. The number of carbonyl (C=O) groups excluding carboxylic acids is 1. The molecule has 4 nitrogen and oxygen atoms in total. The molecule has 0 bridgehead atoms. The maximum absolute atomic E-state index is 12.5. The summed E-state index contributed by atoms with van der Waals surface area (Å²) in [5, 5.41) is 0. The van der Waals surface area contributed by atoms with E-state index in [1.807, 2.05) is 49.9 Å². The van der Waals surface area contributed by atoms with Crippen molar-refractivity contribution in [3.63, 3.8) is 0 Å². The Balaban J connectivity index is 2.01. The molecule has 0 spiro atoms. The van der Waals surface area contributed by atoms with Gasteiger partial charge in [0.1, 0.15) is 5.75 Å². The second-order valence-electron chi connectivity index (χ2n) is 5.56. The first-order chi connectivity index (χ1) is 9.47. The molecule has 1 aliphatic heterocycles. The second kappa shape index (κ2) is 6.27. The van der Waals surface area contributed by atoms with Crippen molar-refractivity contribution >= 4 is 5.91 Å². The Kier molecular flexibility index (Phi) is 4.65. The molecular weight excluding hydrogens is 254 g/mol. The average molecular weight is 277 g/mol. The highest BCUT2D eigenvalue weighted by Crippen LogP contribution is 2.17. The van der Waals surface area contributed by atoms with Crippen LogP contribution in [0.2, 0.25) is 0 Å². The van der Waals surface area contributed by atoms with E-state index in [0.29, 0.717) is 13.2 Å². The minimum absolute atomic E-state index is 0.0224. The van der Waals surface area contributed by atoms with E-state index in [1.165, 1.54) is 0 Å². The number of ether oxygens (including phenoxy) is 2. The number of amides is 1. The summed E-state index contributed by atoms with van der Waals surface area (Å²) < 4.78 is 11.3. The lowest BCUT2D eigenvalue weighted by atomic mass is 10.2. The van der Waals surface area contributed by atoms with Crippen LogP contribution >= 0.6 is 0 Å². The molecule has 3 atom stereocenters. The molecule has 2 rings (SSSR count).